The molecular formula is C23H20N2O3. The summed E-state index contributed by atoms with van der Waals surface area (Å²) in [6.45, 7) is 0. The van der Waals surface area contributed by atoms with E-state index < -0.39 is 12.0 Å². The minimum absolute atomic E-state index is 0.123. The maximum atomic E-state index is 12.3. The van der Waals surface area contributed by atoms with E-state index in [0.29, 0.717) is 12.0 Å². The van der Waals surface area contributed by atoms with Crippen molar-refractivity contribution in [2.45, 2.75) is 12.5 Å². The lowest BCUT2D eigenvalue weighted by molar-refractivity contribution is -0.142. The Morgan fingerprint density at radius 3 is 2.68 bits per heavy atom. The topological polar surface area (TPSA) is 74.7 Å². The zero-order valence-corrected chi connectivity index (χ0v) is 15.4. The molecule has 0 bridgehead atoms. The smallest absolute Gasteiger partial charge is 0.330 e. The molecule has 1 heterocycles. The van der Waals surface area contributed by atoms with Gasteiger partial charge in [0.1, 0.15) is 5.75 Å². The van der Waals surface area contributed by atoms with Crippen LogP contribution in [0, 0.1) is 0 Å². The molecule has 5 heteroatoms. The first-order chi connectivity index (χ1) is 13.7. The zero-order valence-electron chi connectivity index (χ0n) is 15.4. The number of para-hydroxylation sites is 1. The van der Waals surface area contributed by atoms with E-state index in [1.807, 2.05) is 60.8 Å². The summed E-state index contributed by atoms with van der Waals surface area (Å²) in [5, 5.41) is 13.2. The molecule has 4 aromatic rings. The van der Waals surface area contributed by atoms with Gasteiger partial charge in [0.15, 0.2) is 6.04 Å². The molecule has 0 unspecified atom stereocenters. The minimum atomic E-state index is -0.706. The quantitative estimate of drug-likeness (QED) is 0.407. The van der Waals surface area contributed by atoms with Crippen LogP contribution in [-0.4, -0.2) is 35.4 Å². The molecule has 0 radical (unpaired) electrons. The van der Waals surface area contributed by atoms with Crippen molar-refractivity contribution in [3.8, 4) is 5.75 Å². The number of hydrogen-bond acceptors (Lipinski definition) is 4. The fraction of sp³-hybridized carbons (Fsp3) is 0.130. The largest absolute Gasteiger partial charge is 0.507 e. The first-order valence-electron chi connectivity index (χ1n) is 9.04. The van der Waals surface area contributed by atoms with Crippen LogP contribution in [0.15, 0.2) is 71.9 Å². The number of benzene rings is 3. The Morgan fingerprint density at radius 1 is 1.11 bits per heavy atom. The summed E-state index contributed by atoms with van der Waals surface area (Å²) >= 11 is 0. The van der Waals surface area contributed by atoms with Crippen LogP contribution in [0.1, 0.15) is 11.1 Å². The number of aromatic hydroxyl groups is 1. The fourth-order valence-corrected chi connectivity index (χ4v) is 3.43. The molecule has 0 saturated carbocycles. The highest BCUT2D eigenvalue weighted by atomic mass is 16.5. The molecule has 0 aliphatic rings. The van der Waals surface area contributed by atoms with Crippen LogP contribution < -0.4 is 0 Å². The number of rotatable bonds is 5. The number of methoxy groups -OCH3 is 1. The van der Waals surface area contributed by atoms with E-state index in [2.05, 4.69) is 9.98 Å². The number of H-pyrrole nitrogens is 1. The second kappa shape index (κ2) is 7.56. The van der Waals surface area contributed by atoms with Crippen molar-refractivity contribution in [2.24, 2.45) is 4.99 Å². The van der Waals surface area contributed by atoms with Crippen LogP contribution in [0.4, 0.5) is 0 Å². The Kier molecular flexibility index (Phi) is 4.81. The molecule has 5 nitrogen and oxygen atoms in total. The number of nitrogens with zero attached hydrogens (tertiary/aromatic N) is 1. The van der Waals surface area contributed by atoms with Gasteiger partial charge in [-0.15, -0.1) is 0 Å². The van der Waals surface area contributed by atoms with Crippen molar-refractivity contribution in [3.63, 3.8) is 0 Å². The van der Waals surface area contributed by atoms with Gasteiger partial charge in [-0.3, -0.25) is 4.99 Å². The number of esters is 1. The zero-order chi connectivity index (χ0) is 19.5. The summed E-state index contributed by atoms with van der Waals surface area (Å²) in [5.41, 5.74) is 2.59. The normalized spacial score (nSPS) is 12.6. The monoisotopic (exact) mass is 372 g/mol. The third-order valence-corrected chi connectivity index (χ3v) is 4.89. The predicted molar refractivity (Wildman–Crippen MR) is 111 cm³/mol. The number of aromatic amines is 1. The number of aromatic nitrogens is 1. The van der Waals surface area contributed by atoms with Crippen LogP contribution in [0.25, 0.3) is 21.7 Å². The standard InChI is InChI=1S/C23H20N2O3/c1-28-23(27)21(12-16-13-24-20-9-5-4-8-18(16)20)25-14-19-17-7-3-2-6-15(17)10-11-22(19)26/h2-11,13-14,21,24,26H,12H2,1H3/t21-/m1/s1. The molecule has 3 aromatic carbocycles. The number of fused-ring (bicyclic) bond motifs is 2. The van der Waals surface area contributed by atoms with E-state index in [4.69, 9.17) is 4.74 Å². The van der Waals surface area contributed by atoms with E-state index in [0.717, 1.165) is 27.2 Å². The lowest BCUT2D eigenvalue weighted by Crippen LogP contribution is -2.23. The number of carbonyl (C=O) groups excluding carboxylic acids is 1. The lowest BCUT2D eigenvalue weighted by atomic mass is 10.0. The summed E-state index contributed by atoms with van der Waals surface area (Å²) in [6.07, 6.45) is 3.86. The van der Waals surface area contributed by atoms with Gasteiger partial charge in [-0.05, 0) is 28.5 Å². The van der Waals surface area contributed by atoms with E-state index in [9.17, 15) is 9.90 Å². The molecule has 1 aromatic heterocycles. The van der Waals surface area contributed by atoms with Gasteiger partial charge in [-0.1, -0.05) is 48.5 Å². The van der Waals surface area contributed by atoms with Gasteiger partial charge >= 0.3 is 5.97 Å². The van der Waals surface area contributed by atoms with Crippen molar-refractivity contribution in [2.75, 3.05) is 7.11 Å². The second-order valence-electron chi connectivity index (χ2n) is 6.60. The van der Waals surface area contributed by atoms with Crippen LogP contribution >= 0.6 is 0 Å². The van der Waals surface area contributed by atoms with Crippen LogP contribution in [0.5, 0.6) is 5.75 Å². The molecule has 0 spiro atoms. The number of hydrogen-bond donors (Lipinski definition) is 2. The Bertz CT molecular complexity index is 1180. The van der Waals surface area contributed by atoms with Crippen molar-refractivity contribution in [1.82, 2.24) is 4.98 Å². The van der Waals surface area contributed by atoms with Crippen molar-refractivity contribution < 1.29 is 14.6 Å². The van der Waals surface area contributed by atoms with E-state index in [-0.39, 0.29) is 5.75 Å². The van der Waals surface area contributed by atoms with E-state index in [1.54, 1.807) is 12.3 Å². The average molecular weight is 372 g/mol. The number of phenolic OH excluding ortho intramolecular Hbond substituents is 1. The number of phenols is 1. The molecule has 0 fully saturated rings. The SMILES string of the molecule is COC(=O)[C@@H](Cc1c[nH]c2ccccc12)N=Cc1c(O)ccc2ccccc12. The maximum absolute atomic E-state index is 12.3. The number of ether oxygens (including phenoxy) is 1. The number of carbonyl (C=O) groups is 1. The Labute approximate surface area is 162 Å². The highest BCUT2D eigenvalue weighted by Gasteiger charge is 2.20. The third-order valence-electron chi connectivity index (χ3n) is 4.89. The van der Waals surface area contributed by atoms with Crippen LogP contribution in [-0.2, 0) is 16.0 Å². The third kappa shape index (κ3) is 3.34. The van der Waals surface area contributed by atoms with Gasteiger partial charge in [0.25, 0.3) is 0 Å². The summed E-state index contributed by atoms with van der Waals surface area (Å²) in [6, 6.07) is 18.4. The van der Waals surface area contributed by atoms with E-state index in [1.165, 1.54) is 7.11 Å². The molecular weight excluding hydrogens is 352 g/mol. The Morgan fingerprint density at radius 2 is 1.86 bits per heavy atom. The molecule has 0 amide bonds. The molecule has 2 N–H and O–H groups in total. The first kappa shape index (κ1) is 17.8. The van der Waals surface area contributed by atoms with Crippen molar-refractivity contribution >= 4 is 33.9 Å². The molecule has 140 valence electrons. The second-order valence-corrected chi connectivity index (χ2v) is 6.60. The summed E-state index contributed by atoms with van der Waals surface area (Å²) in [7, 11) is 1.36. The molecule has 0 aliphatic heterocycles. The number of nitrogens with one attached hydrogen (secondary N) is 1. The van der Waals surface area contributed by atoms with Crippen LogP contribution in [0.2, 0.25) is 0 Å². The van der Waals surface area contributed by atoms with Gasteiger partial charge < -0.3 is 14.8 Å². The highest BCUT2D eigenvalue weighted by Crippen LogP contribution is 2.26. The predicted octanol–water partition coefficient (Wildman–Crippen LogP) is 4.23. The minimum Gasteiger partial charge on any atom is -0.507 e. The van der Waals surface area contributed by atoms with Gasteiger partial charge in [0.05, 0.1) is 7.11 Å². The maximum Gasteiger partial charge on any atom is 0.330 e. The summed E-state index contributed by atoms with van der Waals surface area (Å²) in [5.74, 6) is -0.292. The summed E-state index contributed by atoms with van der Waals surface area (Å²) < 4.78 is 4.95. The Hall–Kier alpha value is -3.60. The lowest BCUT2D eigenvalue weighted by Gasteiger charge is -2.11. The van der Waals surface area contributed by atoms with Gasteiger partial charge in [-0.25, -0.2) is 4.79 Å². The summed E-state index contributed by atoms with van der Waals surface area (Å²) in [4.78, 5) is 20.0. The molecule has 0 aliphatic carbocycles. The van der Waals surface area contributed by atoms with Crippen molar-refractivity contribution in [1.29, 1.82) is 0 Å². The van der Waals surface area contributed by atoms with Crippen LogP contribution in [0.3, 0.4) is 0 Å². The average Bonchev–Trinajstić information content (AvgIpc) is 3.14. The van der Waals surface area contributed by atoms with Crippen molar-refractivity contribution in [3.05, 3.63) is 78.0 Å². The van der Waals surface area contributed by atoms with Gasteiger partial charge in [-0.2, -0.15) is 0 Å². The molecule has 0 saturated heterocycles. The van der Waals surface area contributed by atoms with E-state index >= 15 is 0 Å². The highest BCUT2D eigenvalue weighted by molar-refractivity contribution is 6.02. The fourth-order valence-electron chi connectivity index (χ4n) is 3.43. The van der Waals surface area contributed by atoms with Gasteiger partial charge in [0, 0.05) is 35.3 Å². The Balaban J connectivity index is 1.70. The molecule has 28 heavy (non-hydrogen) atoms. The first-order valence-corrected chi connectivity index (χ1v) is 9.04. The number of aliphatic imine (C=N–C) groups is 1. The molecule has 4 rings (SSSR count). The van der Waals surface area contributed by atoms with Gasteiger partial charge in [0.2, 0.25) is 0 Å². The molecule has 1 atom stereocenters.